The first-order valence-electron chi connectivity index (χ1n) is 4.26. The Bertz CT molecular complexity index is 385. The molecule has 0 atom stereocenters. The summed E-state index contributed by atoms with van der Waals surface area (Å²) in [6.07, 6.45) is 0. The number of amides is 1. The molecule has 0 fully saturated rings. The highest BCUT2D eigenvalue weighted by molar-refractivity contribution is 5.85. The third-order valence-electron chi connectivity index (χ3n) is 1.80. The highest BCUT2D eigenvalue weighted by atomic mass is 16.4. The number of nitrogens with zero attached hydrogens (tertiary/aromatic N) is 2. The van der Waals surface area contributed by atoms with Gasteiger partial charge in [-0.05, 0) is 6.07 Å². The van der Waals surface area contributed by atoms with Crippen molar-refractivity contribution >= 4 is 11.9 Å². The maximum absolute atomic E-state index is 10.6. The van der Waals surface area contributed by atoms with E-state index in [0.29, 0.717) is 12.2 Å². The Morgan fingerprint density at radius 3 is 2.80 bits per heavy atom. The third-order valence-corrected chi connectivity index (χ3v) is 1.80. The molecule has 1 aromatic rings. The molecule has 0 spiro atoms. The van der Waals surface area contributed by atoms with Gasteiger partial charge in [0.05, 0.1) is 12.2 Å². The van der Waals surface area contributed by atoms with E-state index in [4.69, 9.17) is 10.8 Å². The van der Waals surface area contributed by atoms with Crippen LogP contribution in [0.15, 0.2) is 6.07 Å². The molecule has 1 rings (SSSR count). The highest BCUT2D eigenvalue weighted by Gasteiger charge is 2.10. The summed E-state index contributed by atoms with van der Waals surface area (Å²) >= 11 is 0. The van der Waals surface area contributed by atoms with Gasteiger partial charge >= 0.3 is 5.97 Å². The molecule has 82 valence electrons. The van der Waals surface area contributed by atoms with E-state index in [1.165, 1.54) is 10.7 Å². The van der Waals surface area contributed by atoms with Crippen molar-refractivity contribution < 1.29 is 14.7 Å². The van der Waals surface area contributed by atoms with E-state index in [0.717, 1.165) is 0 Å². The summed E-state index contributed by atoms with van der Waals surface area (Å²) in [5.74, 6) is -1.54. The SMILES string of the molecule is Cn1nc(C(=O)O)cc1CNCC(N)=O. The van der Waals surface area contributed by atoms with Crippen molar-refractivity contribution in [2.75, 3.05) is 6.54 Å². The monoisotopic (exact) mass is 212 g/mol. The molecule has 0 saturated heterocycles. The van der Waals surface area contributed by atoms with Crippen molar-refractivity contribution in [3.05, 3.63) is 17.5 Å². The van der Waals surface area contributed by atoms with E-state index in [1.54, 1.807) is 7.05 Å². The van der Waals surface area contributed by atoms with E-state index in [1.807, 2.05) is 0 Å². The zero-order valence-corrected chi connectivity index (χ0v) is 8.23. The minimum atomic E-state index is -1.08. The van der Waals surface area contributed by atoms with Crippen molar-refractivity contribution in [1.82, 2.24) is 15.1 Å². The summed E-state index contributed by atoms with van der Waals surface area (Å²) in [7, 11) is 1.63. The van der Waals surface area contributed by atoms with Crippen LogP contribution in [0.4, 0.5) is 0 Å². The molecule has 4 N–H and O–H groups in total. The lowest BCUT2D eigenvalue weighted by Crippen LogP contribution is -2.28. The smallest absolute Gasteiger partial charge is 0.356 e. The summed E-state index contributed by atoms with van der Waals surface area (Å²) in [6.45, 7) is 0.396. The van der Waals surface area contributed by atoms with Crippen LogP contribution in [0.25, 0.3) is 0 Å². The Morgan fingerprint density at radius 2 is 2.33 bits per heavy atom. The number of carbonyl (C=O) groups excluding carboxylic acids is 1. The van der Waals surface area contributed by atoms with Crippen molar-refractivity contribution in [3.8, 4) is 0 Å². The van der Waals surface area contributed by atoms with Gasteiger partial charge in [0.25, 0.3) is 0 Å². The number of primary amides is 1. The first-order chi connectivity index (χ1) is 7.00. The average Bonchev–Trinajstić information content (AvgIpc) is 2.47. The van der Waals surface area contributed by atoms with Crippen LogP contribution in [0.3, 0.4) is 0 Å². The van der Waals surface area contributed by atoms with Gasteiger partial charge in [0.1, 0.15) is 0 Å². The van der Waals surface area contributed by atoms with Crippen LogP contribution in [0, 0.1) is 0 Å². The number of rotatable bonds is 5. The number of aromatic nitrogens is 2. The quantitative estimate of drug-likeness (QED) is 0.561. The number of nitrogens with two attached hydrogens (primary N) is 1. The summed E-state index contributed by atoms with van der Waals surface area (Å²) < 4.78 is 1.44. The molecular weight excluding hydrogens is 200 g/mol. The molecule has 1 aromatic heterocycles. The molecular formula is C8H12N4O3. The molecule has 0 aliphatic heterocycles. The maximum Gasteiger partial charge on any atom is 0.356 e. The fourth-order valence-electron chi connectivity index (χ4n) is 1.09. The van der Waals surface area contributed by atoms with Gasteiger partial charge in [-0.2, -0.15) is 5.10 Å². The van der Waals surface area contributed by atoms with Crippen molar-refractivity contribution in [3.63, 3.8) is 0 Å². The first-order valence-corrected chi connectivity index (χ1v) is 4.26. The van der Waals surface area contributed by atoms with Crippen LogP contribution in [-0.4, -0.2) is 33.3 Å². The molecule has 0 radical (unpaired) electrons. The summed E-state index contributed by atoms with van der Waals surface area (Å²) in [4.78, 5) is 21.0. The predicted octanol–water partition coefficient (Wildman–Crippen LogP) is -1.31. The van der Waals surface area contributed by atoms with Gasteiger partial charge < -0.3 is 16.2 Å². The fourth-order valence-corrected chi connectivity index (χ4v) is 1.09. The number of carboxylic acids is 1. The molecule has 15 heavy (non-hydrogen) atoms. The van der Waals surface area contributed by atoms with E-state index in [-0.39, 0.29) is 12.2 Å². The lowest BCUT2D eigenvalue weighted by Gasteiger charge is -2.01. The van der Waals surface area contributed by atoms with Gasteiger partial charge in [0, 0.05) is 13.6 Å². The van der Waals surface area contributed by atoms with Gasteiger partial charge in [0.15, 0.2) is 5.69 Å². The number of carbonyl (C=O) groups is 2. The first kappa shape index (κ1) is 11.2. The van der Waals surface area contributed by atoms with Crippen LogP contribution >= 0.6 is 0 Å². The zero-order chi connectivity index (χ0) is 11.4. The number of hydrogen-bond donors (Lipinski definition) is 3. The van der Waals surface area contributed by atoms with Gasteiger partial charge in [0.2, 0.25) is 5.91 Å². The van der Waals surface area contributed by atoms with Crippen molar-refractivity contribution in [2.24, 2.45) is 12.8 Å². The van der Waals surface area contributed by atoms with E-state index >= 15 is 0 Å². The Labute approximate surface area is 85.9 Å². The van der Waals surface area contributed by atoms with Gasteiger partial charge in [-0.15, -0.1) is 0 Å². The fraction of sp³-hybridized carbons (Fsp3) is 0.375. The average molecular weight is 212 g/mol. The highest BCUT2D eigenvalue weighted by Crippen LogP contribution is 2.02. The minimum Gasteiger partial charge on any atom is -0.476 e. The number of aromatic carboxylic acids is 1. The van der Waals surface area contributed by atoms with Crippen LogP contribution in [0.1, 0.15) is 16.2 Å². The van der Waals surface area contributed by atoms with E-state index < -0.39 is 11.9 Å². The van der Waals surface area contributed by atoms with E-state index in [9.17, 15) is 9.59 Å². The molecule has 7 nitrogen and oxygen atoms in total. The second-order valence-electron chi connectivity index (χ2n) is 3.02. The standard InChI is InChI=1S/C8H12N4O3/c1-12-5(3-10-4-7(9)13)2-6(11-12)8(14)15/h2,10H,3-4H2,1H3,(H2,9,13)(H,14,15). The van der Waals surface area contributed by atoms with E-state index in [2.05, 4.69) is 10.4 Å². The minimum absolute atomic E-state index is 0.0200. The molecule has 0 bridgehead atoms. The number of carboxylic acid groups (broad SMARTS) is 1. The molecule has 0 aliphatic rings. The zero-order valence-electron chi connectivity index (χ0n) is 8.23. The molecule has 0 unspecified atom stereocenters. The second-order valence-corrected chi connectivity index (χ2v) is 3.02. The van der Waals surface area contributed by atoms with Crippen LogP contribution in [0.5, 0.6) is 0 Å². The molecule has 1 amide bonds. The molecule has 7 heteroatoms. The summed E-state index contributed by atoms with van der Waals surface area (Å²) in [5.41, 5.74) is 5.58. The largest absolute Gasteiger partial charge is 0.476 e. The second kappa shape index (κ2) is 4.56. The van der Waals surface area contributed by atoms with Gasteiger partial charge in [-0.25, -0.2) is 4.79 Å². The normalized spacial score (nSPS) is 10.2. The lowest BCUT2D eigenvalue weighted by molar-refractivity contribution is -0.117. The summed E-state index contributed by atoms with van der Waals surface area (Å²) in [5, 5.41) is 15.2. The number of nitrogens with one attached hydrogen (secondary N) is 1. The molecule has 0 aliphatic carbocycles. The number of hydrogen-bond acceptors (Lipinski definition) is 4. The molecule has 0 saturated carbocycles. The van der Waals surface area contributed by atoms with Crippen LogP contribution in [0.2, 0.25) is 0 Å². The molecule has 0 aromatic carbocycles. The van der Waals surface area contributed by atoms with Gasteiger partial charge in [-0.3, -0.25) is 9.48 Å². The Hall–Kier alpha value is -1.89. The Morgan fingerprint density at radius 1 is 1.67 bits per heavy atom. The Balaban J connectivity index is 2.61. The topological polar surface area (TPSA) is 110 Å². The third kappa shape index (κ3) is 3.06. The van der Waals surface area contributed by atoms with Crippen molar-refractivity contribution in [1.29, 1.82) is 0 Å². The predicted molar refractivity (Wildman–Crippen MR) is 51.1 cm³/mol. The summed E-state index contributed by atoms with van der Waals surface area (Å²) in [6, 6.07) is 1.44. The van der Waals surface area contributed by atoms with Gasteiger partial charge in [-0.1, -0.05) is 0 Å². The number of aryl methyl sites for hydroxylation is 1. The lowest BCUT2D eigenvalue weighted by atomic mass is 10.3. The maximum atomic E-state index is 10.6. The molecule has 1 heterocycles. The van der Waals surface area contributed by atoms with Crippen molar-refractivity contribution in [2.45, 2.75) is 6.54 Å². The van der Waals surface area contributed by atoms with Crippen LogP contribution < -0.4 is 11.1 Å². The Kier molecular flexibility index (Phi) is 3.40. The van der Waals surface area contributed by atoms with Crippen LogP contribution in [-0.2, 0) is 18.4 Å².